The second-order valence-electron chi connectivity index (χ2n) is 7.49. The van der Waals surface area contributed by atoms with Gasteiger partial charge in [-0.3, -0.25) is 0 Å². The van der Waals surface area contributed by atoms with Crippen LogP contribution in [0.5, 0.6) is 0 Å². The lowest BCUT2D eigenvalue weighted by molar-refractivity contribution is 0.265. The zero-order valence-electron chi connectivity index (χ0n) is 15.3. The number of benzene rings is 2. The van der Waals surface area contributed by atoms with Crippen LogP contribution in [0.15, 0.2) is 65.2 Å². The molecule has 0 saturated heterocycles. The first-order valence-electron chi connectivity index (χ1n) is 9.80. The fraction of sp³-hybridized carbons (Fsp3) is 0.417. The average Bonchev–Trinajstić information content (AvgIpc) is 2.69. The summed E-state index contributed by atoms with van der Waals surface area (Å²) in [6.07, 6.45) is 12.5. The van der Waals surface area contributed by atoms with E-state index in [9.17, 15) is 4.39 Å². The van der Waals surface area contributed by atoms with Crippen LogP contribution in [0.4, 0.5) is 4.39 Å². The molecule has 0 unspecified atom stereocenters. The van der Waals surface area contributed by atoms with Gasteiger partial charge in [-0.05, 0) is 72.8 Å². The molecule has 1 aliphatic rings. The number of hydrogen-bond donors (Lipinski definition) is 0. The van der Waals surface area contributed by atoms with Gasteiger partial charge in [0.1, 0.15) is 6.67 Å². The van der Waals surface area contributed by atoms with Crippen molar-refractivity contribution >= 4 is 15.9 Å². The van der Waals surface area contributed by atoms with Gasteiger partial charge in [-0.15, -0.1) is 0 Å². The Hall–Kier alpha value is -1.41. The van der Waals surface area contributed by atoms with Gasteiger partial charge in [-0.2, -0.15) is 0 Å². The maximum Gasteiger partial charge on any atom is 0.108 e. The first kappa shape index (κ1) is 19.4. The largest absolute Gasteiger partial charge is 0.247 e. The molecule has 2 aromatic rings. The van der Waals surface area contributed by atoms with E-state index in [0.29, 0.717) is 0 Å². The Morgan fingerprint density at radius 2 is 1.38 bits per heavy atom. The monoisotopic (exact) mass is 414 g/mol. The molecule has 0 N–H and O–H groups in total. The highest BCUT2D eigenvalue weighted by Gasteiger charge is 2.20. The van der Waals surface area contributed by atoms with Crippen LogP contribution in [0.1, 0.15) is 44.1 Å². The van der Waals surface area contributed by atoms with Crippen molar-refractivity contribution in [1.29, 1.82) is 0 Å². The highest BCUT2D eigenvalue weighted by Crippen LogP contribution is 2.33. The van der Waals surface area contributed by atoms with E-state index in [0.717, 1.165) is 22.7 Å². The van der Waals surface area contributed by atoms with Gasteiger partial charge in [0.25, 0.3) is 0 Å². The van der Waals surface area contributed by atoms with Crippen LogP contribution in [-0.4, -0.2) is 6.67 Å². The maximum absolute atomic E-state index is 12.1. The second-order valence-corrected chi connectivity index (χ2v) is 8.41. The molecule has 0 aliphatic heterocycles. The summed E-state index contributed by atoms with van der Waals surface area (Å²) in [5, 5.41) is 0. The lowest BCUT2D eigenvalue weighted by atomic mass is 9.78. The summed E-state index contributed by atoms with van der Waals surface area (Å²) in [6.45, 7) is -0.323. The standard InChI is InChI=1S/C24H28BrF/c25-24-16-14-23(15-17-24)22-12-10-21(11-13-22)9-8-20-6-4-19(5-7-20)3-1-2-18-26/h1-2,10-17,19-20H,3-9,18H2/b2-1+. The normalized spacial score (nSPS) is 20.5. The predicted octanol–water partition coefficient (Wildman–Crippen LogP) is 7.77. The van der Waals surface area contributed by atoms with Crippen LogP contribution in [0.25, 0.3) is 11.1 Å². The number of alkyl halides is 1. The molecule has 0 radical (unpaired) electrons. The average molecular weight is 415 g/mol. The van der Waals surface area contributed by atoms with Crippen LogP contribution in [0.3, 0.4) is 0 Å². The quantitative estimate of drug-likeness (QED) is 0.405. The van der Waals surface area contributed by atoms with E-state index in [2.05, 4.69) is 64.5 Å². The van der Waals surface area contributed by atoms with E-state index < -0.39 is 0 Å². The summed E-state index contributed by atoms with van der Waals surface area (Å²) in [6, 6.07) is 17.5. The summed E-state index contributed by atoms with van der Waals surface area (Å²) in [5.74, 6) is 1.64. The van der Waals surface area contributed by atoms with Gasteiger partial charge >= 0.3 is 0 Å². The number of hydrogen-bond acceptors (Lipinski definition) is 0. The molecule has 0 nitrogen and oxygen atoms in total. The van der Waals surface area contributed by atoms with Gasteiger partial charge in [0.05, 0.1) is 0 Å². The molecular weight excluding hydrogens is 387 g/mol. The number of halogens is 2. The Morgan fingerprint density at radius 3 is 2.00 bits per heavy atom. The fourth-order valence-corrected chi connectivity index (χ4v) is 4.25. The molecule has 26 heavy (non-hydrogen) atoms. The third-order valence-corrected chi connectivity index (χ3v) is 6.19. The molecule has 0 heterocycles. The van der Waals surface area contributed by atoms with Crippen molar-refractivity contribution in [2.24, 2.45) is 11.8 Å². The van der Waals surface area contributed by atoms with Crippen molar-refractivity contribution < 1.29 is 4.39 Å². The van der Waals surface area contributed by atoms with E-state index in [1.807, 2.05) is 6.08 Å². The van der Waals surface area contributed by atoms with Gasteiger partial charge in [-0.25, -0.2) is 4.39 Å². The summed E-state index contributed by atoms with van der Waals surface area (Å²) in [4.78, 5) is 0. The van der Waals surface area contributed by atoms with Gasteiger partial charge in [0.15, 0.2) is 0 Å². The van der Waals surface area contributed by atoms with Gasteiger partial charge in [0, 0.05) is 4.47 Å². The molecule has 0 spiro atoms. The first-order valence-corrected chi connectivity index (χ1v) is 10.6. The lowest BCUT2D eigenvalue weighted by Crippen LogP contribution is -2.14. The Bertz CT molecular complexity index is 679. The van der Waals surface area contributed by atoms with Crippen molar-refractivity contribution in [2.45, 2.75) is 44.9 Å². The Labute approximate surface area is 165 Å². The molecular formula is C24H28BrF. The van der Waals surface area contributed by atoms with E-state index >= 15 is 0 Å². The fourth-order valence-electron chi connectivity index (χ4n) is 3.98. The number of allylic oxidation sites excluding steroid dienone is 2. The minimum absolute atomic E-state index is 0.323. The topological polar surface area (TPSA) is 0 Å². The molecule has 0 bridgehead atoms. The zero-order chi connectivity index (χ0) is 18.2. The molecule has 2 aromatic carbocycles. The van der Waals surface area contributed by atoms with Gasteiger partial charge in [-0.1, -0.05) is 77.3 Å². The van der Waals surface area contributed by atoms with E-state index in [-0.39, 0.29) is 6.67 Å². The molecule has 1 aliphatic carbocycles. The SMILES string of the molecule is FC/C=C/CC1CCC(CCc2ccc(-c3ccc(Br)cc3)cc2)CC1. The number of aryl methyl sites for hydroxylation is 1. The molecule has 3 rings (SSSR count). The summed E-state index contributed by atoms with van der Waals surface area (Å²) < 4.78 is 13.2. The van der Waals surface area contributed by atoms with Crippen LogP contribution >= 0.6 is 15.9 Å². The van der Waals surface area contributed by atoms with Crippen molar-refractivity contribution in [3.05, 3.63) is 70.7 Å². The molecule has 2 heteroatoms. The molecule has 0 aromatic heterocycles. The zero-order valence-corrected chi connectivity index (χ0v) is 16.9. The van der Waals surface area contributed by atoms with Crippen molar-refractivity contribution in [3.63, 3.8) is 0 Å². The summed E-state index contributed by atoms with van der Waals surface area (Å²) >= 11 is 3.49. The number of rotatable bonds is 7. The molecule has 1 fully saturated rings. The highest BCUT2D eigenvalue weighted by atomic mass is 79.9. The van der Waals surface area contributed by atoms with Crippen LogP contribution in [0.2, 0.25) is 0 Å². The van der Waals surface area contributed by atoms with E-state index in [1.54, 1.807) is 6.08 Å². The molecule has 0 amide bonds. The Kier molecular flexibility index (Phi) is 7.49. The molecule has 138 valence electrons. The van der Waals surface area contributed by atoms with Gasteiger partial charge < -0.3 is 0 Å². The third-order valence-electron chi connectivity index (χ3n) is 5.66. The lowest BCUT2D eigenvalue weighted by Gasteiger charge is -2.28. The van der Waals surface area contributed by atoms with E-state index in [1.165, 1.54) is 55.2 Å². The first-order chi connectivity index (χ1) is 12.7. The van der Waals surface area contributed by atoms with E-state index in [4.69, 9.17) is 0 Å². The molecule has 1 saturated carbocycles. The highest BCUT2D eigenvalue weighted by molar-refractivity contribution is 9.10. The van der Waals surface area contributed by atoms with Crippen molar-refractivity contribution in [1.82, 2.24) is 0 Å². The second kappa shape index (κ2) is 10.1. The smallest absolute Gasteiger partial charge is 0.108 e. The Balaban J connectivity index is 1.44. The Morgan fingerprint density at radius 1 is 0.808 bits per heavy atom. The predicted molar refractivity (Wildman–Crippen MR) is 113 cm³/mol. The minimum Gasteiger partial charge on any atom is -0.247 e. The minimum atomic E-state index is -0.323. The summed E-state index contributed by atoms with van der Waals surface area (Å²) in [5.41, 5.74) is 3.99. The van der Waals surface area contributed by atoms with Crippen LogP contribution in [-0.2, 0) is 6.42 Å². The maximum atomic E-state index is 12.1. The third kappa shape index (κ3) is 5.81. The molecule has 0 atom stereocenters. The van der Waals surface area contributed by atoms with Crippen LogP contribution < -0.4 is 0 Å². The van der Waals surface area contributed by atoms with Crippen LogP contribution in [0, 0.1) is 11.8 Å². The van der Waals surface area contributed by atoms with Crippen molar-refractivity contribution in [3.8, 4) is 11.1 Å². The van der Waals surface area contributed by atoms with Gasteiger partial charge in [0.2, 0.25) is 0 Å². The summed E-state index contributed by atoms with van der Waals surface area (Å²) in [7, 11) is 0. The van der Waals surface area contributed by atoms with Crippen molar-refractivity contribution in [2.75, 3.05) is 6.67 Å².